The maximum absolute atomic E-state index is 12.7. The molecule has 2 rings (SSSR count). The molecule has 1 aromatic carbocycles. The van der Waals surface area contributed by atoms with Gasteiger partial charge in [0.25, 0.3) is 0 Å². The minimum atomic E-state index is -4.37. The van der Waals surface area contributed by atoms with Crippen molar-refractivity contribution in [1.29, 1.82) is 0 Å². The Labute approximate surface area is 108 Å². The fraction of sp³-hybridized carbons (Fsp3) is 0.462. The van der Waals surface area contributed by atoms with Crippen molar-refractivity contribution < 1.29 is 22.7 Å². The van der Waals surface area contributed by atoms with E-state index >= 15 is 0 Å². The second-order valence-corrected chi connectivity index (χ2v) is 4.52. The van der Waals surface area contributed by atoms with E-state index in [0.29, 0.717) is 18.7 Å². The molecule has 1 fully saturated rings. The molecular formula is C13H14F3NO2. The molecule has 0 radical (unpaired) electrons. The third-order valence-corrected chi connectivity index (χ3v) is 3.36. The average Bonchev–Trinajstić information content (AvgIpc) is 2.86. The third kappa shape index (κ3) is 2.89. The Balaban J connectivity index is 2.29. The minimum absolute atomic E-state index is 0.283. The molecule has 0 aromatic heterocycles. The first-order valence-electron chi connectivity index (χ1n) is 5.89. The molecule has 19 heavy (non-hydrogen) atoms. The van der Waals surface area contributed by atoms with Gasteiger partial charge in [-0.05, 0) is 11.6 Å². The lowest BCUT2D eigenvalue weighted by Gasteiger charge is -2.18. The Morgan fingerprint density at radius 2 is 2.11 bits per heavy atom. The number of nitrogens with one attached hydrogen (secondary N) is 1. The lowest BCUT2D eigenvalue weighted by molar-refractivity contribution is -0.145. The van der Waals surface area contributed by atoms with Crippen molar-refractivity contribution >= 4 is 5.97 Å². The van der Waals surface area contributed by atoms with Crippen LogP contribution < -0.4 is 5.32 Å². The van der Waals surface area contributed by atoms with E-state index in [1.54, 1.807) is 6.07 Å². The largest absolute Gasteiger partial charge is 0.469 e. The third-order valence-electron chi connectivity index (χ3n) is 3.36. The highest BCUT2D eigenvalue weighted by Gasteiger charge is 2.36. The zero-order chi connectivity index (χ0) is 14.0. The van der Waals surface area contributed by atoms with Crippen molar-refractivity contribution in [3.8, 4) is 0 Å². The van der Waals surface area contributed by atoms with Crippen LogP contribution in [0.4, 0.5) is 13.2 Å². The SMILES string of the molecule is COC(=O)C1CNCC1c1cccc(C(F)(F)F)c1. The second kappa shape index (κ2) is 5.21. The maximum Gasteiger partial charge on any atom is 0.416 e. The maximum atomic E-state index is 12.7. The number of carbonyl (C=O) groups excluding carboxylic acids is 1. The second-order valence-electron chi connectivity index (χ2n) is 4.52. The van der Waals surface area contributed by atoms with Crippen LogP contribution in [-0.4, -0.2) is 26.2 Å². The Hall–Kier alpha value is -1.56. The molecule has 1 aliphatic heterocycles. The molecule has 0 aliphatic carbocycles. The molecule has 1 N–H and O–H groups in total. The van der Waals surface area contributed by atoms with E-state index in [1.807, 2.05) is 0 Å². The molecule has 2 unspecified atom stereocenters. The predicted molar refractivity (Wildman–Crippen MR) is 62.6 cm³/mol. The molecular weight excluding hydrogens is 259 g/mol. The first kappa shape index (κ1) is 13.9. The summed E-state index contributed by atoms with van der Waals surface area (Å²) < 4.78 is 42.7. The number of esters is 1. The van der Waals surface area contributed by atoms with Crippen molar-refractivity contribution in [2.75, 3.05) is 20.2 Å². The summed E-state index contributed by atoms with van der Waals surface area (Å²) in [5, 5.41) is 3.01. The minimum Gasteiger partial charge on any atom is -0.469 e. The Kier molecular flexibility index (Phi) is 3.80. The molecule has 1 aromatic rings. The van der Waals surface area contributed by atoms with Gasteiger partial charge >= 0.3 is 12.1 Å². The first-order chi connectivity index (χ1) is 8.93. The summed E-state index contributed by atoms with van der Waals surface area (Å²) in [5.74, 6) is -1.12. The number of benzene rings is 1. The van der Waals surface area contributed by atoms with Crippen molar-refractivity contribution in [3.05, 3.63) is 35.4 Å². The molecule has 0 saturated carbocycles. The Bertz CT molecular complexity index is 473. The van der Waals surface area contributed by atoms with Gasteiger partial charge in [-0.2, -0.15) is 13.2 Å². The summed E-state index contributed by atoms with van der Waals surface area (Å²) in [5.41, 5.74) is -0.184. The summed E-state index contributed by atoms with van der Waals surface area (Å²) in [6.07, 6.45) is -4.37. The van der Waals surface area contributed by atoms with Crippen LogP contribution in [-0.2, 0) is 15.7 Å². The van der Waals surface area contributed by atoms with Crippen molar-refractivity contribution in [1.82, 2.24) is 5.32 Å². The van der Waals surface area contributed by atoms with E-state index in [-0.39, 0.29) is 5.92 Å². The highest BCUT2D eigenvalue weighted by atomic mass is 19.4. The fourth-order valence-corrected chi connectivity index (χ4v) is 2.37. The number of methoxy groups -OCH3 is 1. The zero-order valence-corrected chi connectivity index (χ0v) is 10.3. The first-order valence-corrected chi connectivity index (χ1v) is 5.89. The predicted octanol–water partition coefficient (Wildman–Crippen LogP) is 2.18. The average molecular weight is 273 g/mol. The number of rotatable bonds is 2. The summed E-state index contributed by atoms with van der Waals surface area (Å²) in [6.45, 7) is 0.897. The van der Waals surface area contributed by atoms with Gasteiger partial charge in [0.1, 0.15) is 0 Å². The van der Waals surface area contributed by atoms with Crippen LogP contribution in [0.3, 0.4) is 0 Å². The van der Waals surface area contributed by atoms with E-state index in [4.69, 9.17) is 0 Å². The van der Waals surface area contributed by atoms with Crippen LogP contribution in [0, 0.1) is 5.92 Å². The van der Waals surface area contributed by atoms with Gasteiger partial charge in [0.05, 0.1) is 18.6 Å². The molecule has 1 heterocycles. The van der Waals surface area contributed by atoms with Gasteiger partial charge in [-0.15, -0.1) is 0 Å². The van der Waals surface area contributed by atoms with Gasteiger partial charge in [-0.1, -0.05) is 18.2 Å². The van der Waals surface area contributed by atoms with Gasteiger partial charge < -0.3 is 10.1 Å². The fourth-order valence-electron chi connectivity index (χ4n) is 2.37. The molecule has 6 heteroatoms. The number of halogens is 3. The van der Waals surface area contributed by atoms with E-state index in [2.05, 4.69) is 10.1 Å². The summed E-state index contributed by atoms with van der Waals surface area (Å²) in [7, 11) is 1.28. The van der Waals surface area contributed by atoms with Gasteiger partial charge in [0.15, 0.2) is 0 Å². The van der Waals surface area contributed by atoms with Gasteiger partial charge in [0.2, 0.25) is 0 Å². The molecule has 1 aliphatic rings. The van der Waals surface area contributed by atoms with Gasteiger partial charge in [0, 0.05) is 19.0 Å². The molecule has 1 saturated heterocycles. The number of ether oxygens (including phenoxy) is 1. The smallest absolute Gasteiger partial charge is 0.416 e. The normalized spacial score (nSPS) is 23.4. The molecule has 0 amide bonds. The highest BCUT2D eigenvalue weighted by molar-refractivity contribution is 5.74. The summed E-state index contributed by atoms with van der Waals surface area (Å²) in [4.78, 5) is 11.6. The van der Waals surface area contributed by atoms with Crippen LogP contribution in [0.5, 0.6) is 0 Å². The lowest BCUT2D eigenvalue weighted by atomic mass is 9.88. The summed E-state index contributed by atoms with van der Waals surface area (Å²) in [6, 6.07) is 5.11. The molecule has 3 nitrogen and oxygen atoms in total. The van der Waals surface area contributed by atoms with Gasteiger partial charge in [-0.3, -0.25) is 4.79 Å². The van der Waals surface area contributed by atoms with E-state index in [1.165, 1.54) is 13.2 Å². The topological polar surface area (TPSA) is 38.3 Å². The summed E-state index contributed by atoms with van der Waals surface area (Å²) >= 11 is 0. The number of hydrogen-bond donors (Lipinski definition) is 1. The molecule has 2 atom stereocenters. The van der Waals surface area contributed by atoms with Crippen molar-refractivity contribution in [2.24, 2.45) is 5.92 Å². The van der Waals surface area contributed by atoms with E-state index in [0.717, 1.165) is 12.1 Å². The van der Waals surface area contributed by atoms with Crippen molar-refractivity contribution in [3.63, 3.8) is 0 Å². The zero-order valence-electron chi connectivity index (χ0n) is 10.3. The lowest BCUT2D eigenvalue weighted by Crippen LogP contribution is -2.23. The quantitative estimate of drug-likeness (QED) is 0.839. The van der Waals surface area contributed by atoms with E-state index < -0.39 is 23.6 Å². The molecule has 0 bridgehead atoms. The van der Waals surface area contributed by atoms with Crippen LogP contribution in [0.15, 0.2) is 24.3 Å². The Morgan fingerprint density at radius 3 is 2.74 bits per heavy atom. The highest BCUT2D eigenvalue weighted by Crippen LogP contribution is 2.34. The van der Waals surface area contributed by atoms with Gasteiger partial charge in [-0.25, -0.2) is 0 Å². The van der Waals surface area contributed by atoms with Crippen LogP contribution in [0.25, 0.3) is 0 Å². The Morgan fingerprint density at radius 1 is 1.37 bits per heavy atom. The number of hydrogen-bond acceptors (Lipinski definition) is 3. The number of alkyl halides is 3. The van der Waals surface area contributed by atoms with Crippen LogP contribution in [0.1, 0.15) is 17.0 Å². The van der Waals surface area contributed by atoms with Crippen LogP contribution >= 0.6 is 0 Å². The monoisotopic (exact) mass is 273 g/mol. The molecule has 0 spiro atoms. The van der Waals surface area contributed by atoms with Crippen LogP contribution in [0.2, 0.25) is 0 Å². The molecule has 104 valence electrons. The van der Waals surface area contributed by atoms with Crippen molar-refractivity contribution in [2.45, 2.75) is 12.1 Å². The van der Waals surface area contributed by atoms with E-state index in [9.17, 15) is 18.0 Å². The standard InChI is InChI=1S/C13H14F3NO2/c1-19-12(18)11-7-17-6-10(11)8-3-2-4-9(5-8)13(14,15)16/h2-5,10-11,17H,6-7H2,1H3. The number of carbonyl (C=O) groups is 1.